The van der Waals surface area contributed by atoms with Crippen LogP contribution in [-0.2, 0) is 14.8 Å². The van der Waals surface area contributed by atoms with Gasteiger partial charge in [-0.25, -0.2) is 8.42 Å². The van der Waals surface area contributed by atoms with Crippen molar-refractivity contribution in [2.45, 2.75) is 11.8 Å². The summed E-state index contributed by atoms with van der Waals surface area (Å²) in [4.78, 5) is 12.9. The van der Waals surface area contributed by atoms with Crippen LogP contribution in [0.3, 0.4) is 0 Å². The molecular weight excluding hydrogens is 440 g/mol. The van der Waals surface area contributed by atoms with Crippen molar-refractivity contribution in [2.24, 2.45) is 0 Å². The van der Waals surface area contributed by atoms with Crippen LogP contribution in [0.15, 0.2) is 71.6 Å². The van der Waals surface area contributed by atoms with E-state index in [9.17, 15) is 13.2 Å². The minimum absolute atomic E-state index is 0.0743. The van der Waals surface area contributed by atoms with Gasteiger partial charge in [-0.3, -0.25) is 9.10 Å². The molecule has 1 aliphatic rings. The third-order valence-corrected chi connectivity index (χ3v) is 6.97. The molecule has 7 nitrogen and oxygen atoms in total. The molecule has 3 aromatic carbocycles. The fourth-order valence-corrected chi connectivity index (χ4v) is 4.86. The fraction of sp³-hybridized carbons (Fsp3) is 0.136. The summed E-state index contributed by atoms with van der Waals surface area (Å²) in [6.45, 7) is 1.39. The zero-order valence-corrected chi connectivity index (χ0v) is 18.1. The molecule has 0 saturated carbocycles. The van der Waals surface area contributed by atoms with E-state index < -0.39 is 22.5 Å². The number of sulfonamides is 1. The molecule has 0 spiro atoms. The van der Waals surface area contributed by atoms with Crippen LogP contribution in [0.2, 0.25) is 5.02 Å². The number of halogens is 1. The van der Waals surface area contributed by atoms with Crippen molar-refractivity contribution in [3.63, 3.8) is 0 Å². The molecule has 9 heteroatoms. The Morgan fingerprint density at radius 2 is 1.77 bits per heavy atom. The first-order chi connectivity index (χ1) is 14.9. The third-order valence-electron chi connectivity index (χ3n) is 4.78. The van der Waals surface area contributed by atoms with E-state index >= 15 is 0 Å². The molecule has 1 aliphatic heterocycles. The van der Waals surface area contributed by atoms with E-state index in [2.05, 4.69) is 5.32 Å². The van der Waals surface area contributed by atoms with Gasteiger partial charge in [-0.2, -0.15) is 0 Å². The summed E-state index contributed by atoms with van der Waals surface area (Å²) in [7, 11) is -4.02. The van der Waals surface area contributed by atoms with Crippen LogP contribution < -0.4 is 19.1 Å². The molecular formula is C22H19ClN2O5S. The van der Waals surface area contributed by atoms with Crippen LogP contribution in [0.25, 0.3) is 0 Å². The molecule has 1 heterocycles. The Morgan fingerprint density at radius 3 is 2.55 bits per heavy atom. The number of nitrogens with zero attached hydrogens (tertiary/aromatic N) is 1. The van der Waals surface area contributed by atoms with Crippen molar-refractivity contribution in [3.05, 3.63) is 77.3 Å². The average molecular weight is 459 g/mol. The number of nitrogens with one attached hydrogen (secondary N) is 1. The number of hydrogen-bond donors (Lipinski definition) is 1. The van der Waals surface area contributed by atoms with Crippen LogP contribution in [0, 0.1) is 6.92 Å². The van der Waals surface area contributed by atoms with Gasteiger partial charge in [0.2, 0.25) is 12.7 Å². The number of rotatable bonds is 6. The highest BCUT2D eigenvalue weighted by atomic mass is 35.5. The molecule has 0 radical (unpaired) electrons. The third kappa shape index (κ3) is 4.30. The fourth-order valence-electron chi connectivity index (χ4n) is 3.19. The van der Waals surface area contributed by atoms with Crippen LogP contribution in [-0.4, -0.2) is 27.7 Å². The van der Waals surface area contributed by atoms with Gasteiger partial charge in [0, 0.05) is 16.8 Å². The number of carbonyl (C=O) groups excluding carboxylic acids is 1. The molecule has 0 atom stereocenters. The van der Waals surface area contributed by atoms with Crippen molar-refractivity contribution in [2.75, 3.05) is 23.0 Å². The molecule has 1 N–H and O–H groups in total. The second-order valence-electron chi connectivity index (χ2n) is 6.82. The Labute approximate surface area is 185 Å². The maximum atomic E-state index is 13.4. The van der Waals surface area contributed by atoms with E-state index in [4.69, 9.17) is 21.1 Å². The van der Waals surface area contributed by atoms with Gasteiger partial charge in [0.05, 0.1) is 10.6 Å². The SMILES string of the molecule is Cc1c(Cl)cccc1N(CC(=O)Nc1ccc2c(c1)OCO2)S(=O)(=O)c1ccccc1. The zero-order chi connectivity index (χ0) is 22.0. The lowest BCUT2D eigenvalue weighted by Crippen LogP contribution is -2.38. The lowest BCUT2D eigenvalue weighted by Gasteiger charge is -2.26. The standard InChI is InChI=1S/C22H19ClN2O5S/c1-15-18(23)8-5-9-19(15)25(31(27,28)17-6-3-2-4-7-17)13-22(26)24-16-10-11-20-21(12-16)30-14-29-20/h2-12H,13-14H2,1H3,(H,24,26). The van der Waals surface area contributed by atoms with Gasteiger partial charge in [-0.1, -0.05) is 35.9 Å². The van der Waals surface area contributed by atoms with E-state index in [1.807, 2.05) is 0 Å². The Kier molecular flexibility index (Phi) is 5.75. The molecule has 160 valence electrons. The monoisotopic (exact) mass is 458 g/mol. The molecule has 3 aromatic rings. The summed E-state index contributed by atoms with van der Waals surface area (Å²) in [5, 5.41) is 3.12. The van der Waals surface area contributed by atoms with Crippen LogP contribution in [0.5, 0.6) is 11.5 Å². The maximum Gasteiger partial charge on any atom is 0.264 e. The van der Waals surface area contributed by atoms with Crippen molar-refractivity contribution in [1.29, 1.82) is 0 Å². The van der Waals surface area contributed by atoms with Crippen LogP contribution in [0.1, 0.15) is 5.56 Å². The van der Waals surface area contributed by atoms with E-state index in [0.29, 0.717) is 33.5 Å². The highest BCUT2D eigenvalue weighted by Crippen LogP contribution is 2.34. The first-order valence-corrected chi connectivity index (χ1v) is 11.2. The summed E-state index contributed by atoms with van der Waals surface area (Å²) < 4.78 is 38.5. The highest BCUT2D eigenvalue weighted by molar-refractivity contribution is 7.92. The normalized spacial score (nSPS) is 12.5. The predicted molar refractivity (Wildman–Crippen MR) is 118 cm³/mol. The Bertz CT molecular complexity index is 1230. The van der Waals surface area contributed by atoms with Gasteiger partial charge in [0.25, 0.3) is 10.0 Å². The maximum absolute atomic E-state index is 13.4. The lowest BCUT2D eigenvalue weighted by molar-refractivity contribution is -0.114. The topological polar surface area (TPSA) is 84.9 Å². The van der Waals surface area contributed by atoms with Gasteiger partial charge < -0.3 is 14.8 Å². The van der Waals surface area contributed by atoms with Crippen molar-refractivity contribution >= 4 is 38.9 Å². The highest BCUT2D eigenvalue weighted by Gasteiger charge is 2.29. The van der Waals surface area contributed by atoms with Gasteiger partial charge in [0.15, 0.2) is 11.5 Å². The Morgan fingerprint density at radius 1 is 1.03 bits per heavy atom. The summed E-state index contributed by atoms with van der Waals surface area (Å²) in [6.07, 6.45) is 0. The van der Waals surface area contributed by atoms with Crippen LogP contribution in [0.4, 0.5) is 11.4 Å². The number of fused-ring (bicyclic) bond motifs is 1. The molecule has 0 fully saturated rings. The van der Waals surface area contributed by atoms with E-state index in [1.165, 1.54) is 12.1 Å². The zero-order valence-electron chi connectivity index (χ0n) is 16.5. The first kappa shape index (κ1) is 21.0. The van der Waals surface area contributed by atoms with Gasteiger partial charge in [0.1, 0.15) is 6.54 Å². The number of benzene rings is 3. The number of ether oxygens (including phenoxy) is 2. The number of amides is 1. The Hall–Kier alpha value is -3.23. The Balaban J connectivity index is 1.66. The number of anilines is 2. The molecule has 1 amide bonds. The minimum atomic E-state index is -4.02. The number of hydrogen-bond acceptors (Lipinski definition) is 5. The molecule has 0 aromatic heterocycles. The molecule has 0 unspecified atom stereocenters. The smallest absolute Gasteiger partial charge is 0.264 e. The summed E-state index contributed by atoms with van der Waals surface area (Å²) in [5.41, 5.74) is 1.35. The van der Waals surface area contributed by atoms with Crippen molar-refractivity contribution in [1.82, 2.24) is 0 Å². The van der Waals surface area contributed by atoms with E-state index in [-0.39, 0.29) is 11.7 Å². The first-order valence-electron chi connectivity index (χ1n) is 9.38. The lowest BCUT2D eigenvalue weighted by atomic mass is 10.2. The van der Waals surface area contributed by atoms with Gasteiger partial charge in [-0.15, -0.1) is 0 Å². The van der Waals surface area contributed by atoms with Crippen molar-refractivity contribution < 1.29 is 22.7 Å². The largest absolute Gasteiger partial charge is 0.454 e. The second-order valence-corrected chi connectivity index (χ2v) is 9.09. The predicted octanol–water partition coefficient (Wildman–Crippen LogP) is 4.21. The summed E-state index contributed by atoms with van der Waals surface area (Å²) in [5.74, 6) is 0.579. The average Bonchev–Trinajstić information content (AvgIpc) is 3.23. The summed E-state index contributed by atoms with van der Waals surface area (Å²) >= 11 is 6.23. The summed E-state index contributed by atoms with van der Waals surface area (Å²) in [6, 6.07) is 17.8. The molecule has 0 bridgehead atoms. The quantitative estimate of drug-likeness (QED) is 0.598. The molecule has 4 rings (SSSR count). The van der Waals surface area contributed by atoms with Crippen LogP contribution >= 0.6 is 11.6 Å². The minimum Gasteiger partial charge on any atom is -0.454 e. The van der Waals surface area contributed by atoms with Gasteiger partial charge >= 0.3 is 0 Å². The molecule has 0 aliphatic carbocycles. The molecule has 31 heavy (non-hydrogen) atoms. The van der Waals surface area contributed by atoms with E-state index in [0.717, 1.165) is 4.31 Å². The second kappa shape index (κ2) is 8.49. The van der Waals surface area contributed by atoms with E-state index in [1.54, 1.807) is 61.5 Å². The van der Waals surface area contributed by atoms with Crippen molar-refractivity contribution in [3.8, 4) is 11.5 Å². The number of carbonyl (C=O) groups is 1. The van der Waals surface area contributed by atoms with Gasteiger partial charge in [-0.05, 0) is 48.9 Å². The molecule has 0 saturated heterocycles.